The summed E-state index contributed by atoms with van der Waals surface area (Å²) in [5.41, 5.74) is 13.4. The molecule has 0 atom stereocenters. The van der Waals surface area contributed by atoms with E-state index in [0.29, 0.717) is 34.4 Å². The number of nitrogens with two attached hydrogens (primary N) is 2. The van der Waals surface area contributed by atoms with Crippen LogP contribution in [-0.2, 0) is 10.8 Å². The summed E-state index contributed by atoms with van der Waals surface area (Å²) in [6.07, 6.45) is 0. The van der Waals surface area contributed by atoms with Gasteiger partial charge in [-0.05, 0) is 47.2 Å². The first-order chi connectivity index (χ1) is 14.8. The van der Waals surface area contributed by atoms with Gasteiger partial charge in [-0.3, -0.25) is 0 Å². The fraction of sp³-hybridized carbons (Fsp3) is 0.308. The molecule has 0 aromatic heterocycles. The van der Waals surface area contributed by atoms with E-state index in [9.17, 15) is 10.2 Å². The van der Waals surface area contributed by atoms with E-state index in [1.807, 2.05) is 12.1 Å². The van der Waals surface area contributed by atoms with E-state index < -0.39 is 0 Å². The van der Waals surface area contributed by atoms with Crippen molar-refractivity contribution in [1.29, 1.82) is 0 Å². The summed E-state index contributed by atoms with van der Waals surface area (Å²) in [5, 5.41) is 20.0. The number of rotatable bonds is 4. The van der Waals surface area contributed by atoms with Gasteiger partial charge in [0, 0.05) is 23.3 Å². The molecule has 3 aromatic rings. The monoisotopic (exact) mass is 436 g/mol. The molecule has 6 nitrogen and oxygen atoms in total. The highest BCUT2D eigenvalue weighted by Crippen LogP contribution is 2.44. The molecule has 0 aliphatic rings. The largest absolute Gasteiger partial charge is 0.506 e. The molecule has 0 aliphatic carbocycles. The quantitative estimate of drug-likeness (QED) is 0.277. The van der Waals surface area contributed by atoms with E-state index in [1.165, 1.54) is 12.1 Å². The lowest BCUT2D eigenvalue weighted by Crippen LogP contribution is -2.17. The fourth-order valence-electron chi connectivity index (χ4n) is 3.33. The van der Waals surface area contributed by atoms with Crippen LogP contribution in [0.3, 0.4) is 0 Å². The van der Waals surface area contributed by atoms with E-state index in [2.05, 4.69) is 41.5 Å². The number of nitrogen functional groups attached to an aromatic ring is 2. The zero-order valence-electron chi connectivity index (χ0n) is 19.5. The van der Waals surface area contributed by atoms with Gasteiger partial charge in [0.1, 0.15) is 34.5 Å². The summed E-state index contributed by atoms with van der Waals surface area (Å²) in [7, 11) is 0. The van der Waals surface area contributed by atoms with Gasteiger partial charge in [0.2, 0.25) is 0 Å². The number of phenolic OH excluding ortho intramolecular Hbond substituents is 2. The average molecular weight is 437 g/mol. The molecule has 170 valence electrons. The van der Waals surface area contributed by atoms with Gasteiger partial charge in [0.05, 0.1) is 11.4 Å². The molecule has 6 heteroatoms. The van der Waals surface area contributed by atoms with Gasteiger partial charge in [-0.2, -0.15) is 0 Å². The van der Waals surface area contributed by atoms with Crippen molar-refractivity contribution in [1.82, 2.24) is 0 Å². The van der Waals surface area contributed by atoms with Crippen LogP contribution in [0.1, 0.15) is 52.7 Å². The Morgan fingerprint density at radius 3 is 1.22 bits per heavy atom. The number of benzene rings is 3. The molecular weight excluding hydrogens is 404 g/mol. The van der Waals surface area contributed by atoms with Crippen molar-refractivity contribution in [2.75, 3.05) is 11.5 Å². The predicted octanol–water partition coefficient (Wildman–Crippen LogP) is 6.44. The zero-order chi connectivity index (χ0) is 23.8. The van der Waals surface area contributed by atoms with E-state index in [4.69, 9.17) is 20.9 Å². The molecule has 0 radical (unpaired) electrons. The lowest BCUT2D eigenvalue weighted by molar-refractivity contribution is 0.422. The number of phenols is 2. The first-order valence-corrected chi connectivity index (χ1v) is 10.5. The van der Waals surface area contributed by atoms with Crippen LogP contribution in [0.15, 0.2) is 48.5 Å². The number of hydrogen-bond donors (Lipinski definition) is 4. The third-order valence-corrected chi connectivity index (χ3v) is 5.16. The number of ether oxygens (including phenoxy) is 2. The van der Waals surface area contributed by atoms with Crippen LogP contribution in [0.4, 0.5) is 11.4 Å². The van der Waals surface area contributed by atoms with Crippen molar-refractivity contribution < 1.29 is 19.7 Å². The maximum Gasteiger partial charge on any atom is 0.142 e. The molecule has 0 fully saturated rings. The molecule has 0 saturated heterocycles. The molecule has 0 spiro atoms. The number of anilines is 2. The van der Waals surface area contributed by atoms with Crippen LogP contribution >= 0.6 is 0 Å². The minimum Gasteiger partial charge on any atom is -0.506 e. The standard InChI is InChI=1S/C26H32N2O4/c1-25(2,3)17-13-24(32-16-8-10-20(28)22(30)12-16)18(26(4,5)6)14-23(17)31-15-7-9-19(27)21(29)11-15/h7-14,29-30H,27-28H2,1-6H3. The summed E-state index contributed by atoms with van der Waals surface area (Å²) in [6.45, 7) is 12.5. The second-order valence-corrected chi connectivity index (χ2v) is 9.99. The SMILES string of the molecule is CC(C)(C)c1cc(Oc2ccc(N)c(O)c2)c(C(C)(C)C)cc1Oc1ccc(N)c(O)c1. The molecule has 0 heterocycles. The Hall–Kier alpha value is -3.54. The van der Waals surface area contributed by atoms with Gasteiger partial charge < -0.3 is 31.2 Å². The van der Waals surface area contributed by atoms with Crippen molar-refractivity contribution in [3.05, 3.63) is 59.7 Å². The topological polar surface area (TPSA) is 111 Å². The summed E-state index contributed by atoms with van der Waals surface area (Å²) in [4.78, 5) is 0. The number of hydrogen-bond acceptors (Lipinski definition) is 6. The molecule has 0 saturated carbocycles. The van der Waals surface area contributed by atoms with Crippen molar-refractivity contribution in [2.24, 2.45) is 0 Å². The summed E-state index contributed by atoms with van der Waals surface area (Å²) in [5.74, 6) is 2.24. The molecule has 6 N–H and O–H groups in total. The number of aromatic hydroxyl groups is 2. The normalized spacial score (nSPS) is 11.9. The highest BCUT2D eigenvalue weighted by molar-refractivity contribution is 5.59. The predicted molar refractivity (Wildman–Crippen MR) is 129 cm³/mol. The van der Waals surface area contributed by atoms with Crippen molar-refractivity contribution in [2.45, 2.75) is 52.4 Å². The fourth-order valence-corrected chi connectivity index (χ4v) is 3.33. The summed E-state index contributed by atoms with van der Waals surface area (Å²) in [6, 6.07) is 13.6. The Balaban J connectivity index is 2.15. The summed E-state index contributed by atoms with van der Waals surface area (Å²) < 4.78 is 12.4. The molecule has 32 heavy (non-hydrogen) atoms. The molecule has 3 aromatic carbocycles. The highest BCUT2D eigenvalue weighted by Gasteiger charge is 2.27. The Morgan fingerprint density at radius 2 is 0.938 bits per heavy atom. The van der Waals surface area contributed by atoms with Crippen LogP contribution in [0.5, 0.6) is 34.5 Å². The molecule has 0 amide bonds. The smallest absolute Gasteiger partial charge is 0.142 e. The van der Waals surface area contributed by atoms with Crippen LogP contribution < -0.4 is 20.9 Å². The molecule has 0 aliphatic heterocycles. The van der Waals surface area contributed by atoms with E-state index in [-0.39, 0.29) is 22.3 Å². The minimum absolute atomic E-state index is 0.0287. The summed E-state index contributed by atoms with van der Waals surface area (Å²) >= 11 is 0. The highest BCUT2D eigenvalue weighted by atomic mass is 16.5. The first kappa shape index (κ1) is 23.1. The minimum atomic E-state index is -0.261. The third kappa shape index (κ3) is 5.02. The Labute approximate surface area is 189 Å². The molecule has 0 unspecified atom stereocenters. The molecule has 0 bridgehead atoms. The van der Waals surface area contributed by atoms with Crippen molar-refractivity contribution >= 4 is 11.4 Å². The first-order valence-electron chi connectivity index (χ1n) is 10.5. The second-order valence-electron chi connectivity index (χ2n) is 9.99. The van der Waals surface area contributed by atoms with Gasteiger partial charge in [0.25, 0.3) is 0 Å². The van der Waals surface area contributed by atoms with Gasteiger partial charge in [-0.1, -0.05) is 41.5 Å². The Kier molecular flexibility index (Phi) is 5.92. The maximum absolute atomic E-state index is 9.99. The van der Waals surface area contributed by atoms with Crippen LogP contribution in [0, 0.1) is 0 Å². The van der Waals surface area contributed by atoms with Crippen LogP contribution in [-0.4, -0.2) is 10.2 Å². The lowest BCUT2D eigenvalue weighted by atomic mass is 9.81. The van der Waals surface area contributed by atoms with Crippen LogP contribution in [0.2, 0.25) is 0 Å². The van der Waals surface area contributed by atoms with Crippen LogP contribution in [0.25, 0.3) is 0 Å². The van der Waals surface area contributed by atoms with E-state index in [1.54, 1.807) is 24.3 Å². The molecule has 3 rings (SSSR count). The molecular formula is C26H32N2O4. The third-order valence-electron chi connectivity index (χ3n) is 5.16. The van der Waals surface area contributed by atoms with E-state index >= 15 is 0 Å². The van der Waals surface area contributed by atoms with E-state index in [0.717, 1.165) is 11.1 Å². The van der Waals surface area contributed by atoms with Gasteiger partial charge in [-0.25, -0.2) is 0 Å². The second kappa shape index (κ2) is 8.19. The lowest BCUT2D eigenvalue weighted by Gasteiger charge is -2.29. The zero-order valence-corrected chi connectivity index (χ0v) is 19.5. The van der Waals surface area contributed by atoms with Gasteiger partial charge >= 0.3 is 0 Å². The maximum atomic E-state index is 9.99. The Morgan fingerprint density at radius 1 is 0.594 bits per heavy atom. The average Bonchev–Trinajstić information content (AvgIpc) is 2.67. The Bertz CT molecular complexity index is 1050. The van der Waals surface area contributed by atoms with Crippen molar-refractivity contribution in [3.63, 3.8) is 0 Å². The van der Waals surface area contributed by atoms with Gasteiger partial charge in [0.15, 0.2) is 0 Å². The van der Waals surface area contributed by atoms with Crippen molar-refractivity contribution in [3.8, 4) is 34.5 Å². The van der Waals surface area contributed by atoms with Gasteiger partial charge in [-0.15, -0.1) is 0 Å².